The van der Waals surface area contributed by atoms with E-state index in [0.717, 1.165) is 43.3 Å². The largest absolute Gasteiger partial charge is 0.504 e. The molecular formula is C27H34O4. The summed E-state index contributed by atoms with van der Waals surface area (Å²) >= 11 is 0. The van der Waals surface area contributed by atoms with Crippen LogP contribution in [0.4, 0.5) is 0 Å². The molecule has 3 fully saturated rings. The minimum Gasteiger partial charge on any atom is -0.504 e. The molecule has 5 aliphatic rings. The predicted octanol–water partition coefficient (Wildman–Crippen LogP) is 5.00. The number of ketones is 2. The Bertz CT molecular complexity index is 1030. The summed E-state index contributed by atoms with van der Waals surface area (Å²) in [6.07, 6.45) is 9.73. The fourth-order valence-electron chi connectivity index (χ4n) is 8.01. The van der Waals surface area contributed by atoms with Crippen LogP contribution in [0.2, 0.25) is 0 Å². The molecule has 0 bridgehead atoms. The zero-order valence-electron chi connectivity index (χ0n) is 19.3. The van der Waals surface area contributed by atoms with Crippen LogP contribution in [0.1, 0.15) is 66.7 Å². The number of hydrogen-bond acceptors (Lipinski definition) is 4. The molecule has 6 unspecified atom stereocenters. The van der Waals surface area contributed by atoms with Gasteiger partial charge in [-0.05, 0) is 73.5 Å². The summed E-state index contributed by atoms with van der Waals surface area (Å²) in [5, 5.41) is 21.2. The average molecular weight is 423 g/mol. The van der Waals surface area contributed by atoms with Crippen LogP contribution in [-0.2, 0) is 9.59 Å². The molecule has 0 heterocycles. The molecule has 7 atom stereocenters. The van der Waals surface area contributed by atoms with E-state index in [1.54, 1.807) is 6.08 Å². The first-order valence-electron chi connectivity index (χ1n) is 11.8. The van der Waals surface area contributed by atoms with Crippen LogP contribution < -0.4 is 0 Å². The Labute approximate surface area is 184 Å². The summed E-state index contributed by atoms with van der Waals surface area (Å²) < 4.78 is 0. The van der Waals surface area contributed by atoms with Crippen molar-refractivity contribution in [1.29, 1.82) is 0 Å². The number of Topliss-reactive ketones (excluding diaryl/α,β-unsaturated/α-hetero) is 1. The Kier molecular flexibility index (Phi) is 4.26. The second-order valence-electron chi connectivity index (χ2n) is 11.5. The van der Waals surface area contributed by atoms with Crippen molar-refractivity contribution in [2.45, 2.75) is 72.8 Å². The van der Waals surface area contributed by atoms with Gasteiger partial charge in [0.2, 0.25) is 5.78 Å². The van der Waals surface area contributed by atoms with Gasteiger partial charge in [0.05, 0.1) is 0 Å². The Morgan fingerprint density at radius 3 is 2.45 bits per heavy atom. The number of aliphatic hydroxyl groups is 2. The summed E-state index contributed by atoms with van der Waals surface area (Å²) in [5.41, 5.74) is 3.49. The highest BCUT2D eigenvalue weighted by molar-refractivity contribution is 6.06. The van der Waals surface area contributed by atoms with E-state index in [-0.39, 0.29) is 39.5 Å². The zero-order valence-corrected chi connectivity index (χ0v) is 19.3. The Morgan fingerprint density at radius 1 is 1.03 bits per heavy atom. The fraction of sp³-hybridized carbons (Fsp3) is 0.630. The maximum atomic E-state index is 12.6. The van der Waals surface area contributed by atoms with Gasteiger partial charge in [-0.1, -0.05) is 45.4 Å². The Balaban J connectivity index is 1.61. The van der Waals surface area contributed by atoms with Crippen LogP contribution in [0.3, 0.4) is 0 Å². The van der Waals surface area contributed by atoms with Crippen LogP contribution in [0, 0.1) is 34.0 Å². The van der Waals surface area contributed by atoms with Crippen molar-refractivity contribution in [2.75, 3.05) is 0 Å². The second kappa shape index (κ2) is 6.31. The van der Waals surface area contributed by atoms with E-state index in [1.807, 2.05) is 13.8 Å². The minimum atomic E-state index is -0.861. The second-order valence-corrected chi connectivity index (χ2v) is 11.5. The molecule has 166 valence electrons. The van der Waals surface area contributed by atoms with Gasteiger partial charge in [0.25, 0.3) is 0 Å². The molecule has 0 spiro atoms. The molecule has 5 aliphatic carbocycles. The normalized spacial score (nSPS) is 46.8. The number of carbonyl (C=O) groups excluding carboxylic acids is 2. The third-order valence-corrected chi connectivity index (χ3v) is 10.1. The van der Waals surface area contributed by atoms with Gasteiger partial charge in [-0.15, -0.1) is 0 Å². The first kappa shape index (κ1) is 20.9. The molecule has 0 aromatic carbocycles. The van der Waals surface area contributed by atoms with E-state index in [1.165, 1.54) is 5.57 Å². The van der Waals surface area contributed by atoms with Crippen molar-refractivity contribution in [3.8, 4) is 0 Å². The van der Waals surface area contributed by atoms with E-state index in [2.05, 4.69) is 32.9 Å². The number of carbonyl (C=O) groups is 2. The molecule has 4 nitrogen and oxygen atoms in total. The van der Waals surface area contributed by atoms with Gasteiger partial charge in [-0.3, -0.25) is 9.59 Å². The van der Waals surface area contributed by atoms with Crippen molar-refractivity contribution in [1.82, 2.24) is 0 Å². The number of allylic oxidation sites excluding steroid dienone is 7. The molecule has 0 aromatic rings. The highest BCUT2D eigenvalue weighted by Crippen LogP contribution is 2.69. The molecule has 31 heavy (non-hydrogen) atoms. The first-order chi connectivity index (χ1) is 14.4. The van der Waals surface area contributed by atoms with Gasteiger partial charge in [0.15, 0.2) is 11.5 Å². The van der Waals surface area contributed by atoms with Gasteiger partial charge in [0, 0.05) is 22.3 Å². The monoisotopic (exact) mass is 422 g/mol. The van der Waals surface area contributed by atoms with Crippen LogP contribution >= 0.6 is 0 Å². The van der Waals surface area contributed by atoms with Crippen molar-refractivity contribution >= 4 is 11.6 Å². The Hall–Kier alpha value is -1.94. The van der Waals surface area contributed by atoms with Crippen LogP contribution in [0.25, 0.3) is 0 Å². The van der Waals surface area contributed by atoms with E-state index >= 15 is 0 Å². The molecule has 0 saturated heterocycles. The van der Waals surface area contributed by atoms with Gasteiger partial charge in [0.1, 0.15) is 6.10 Å². The van der Waals surface area contributed by atoms with Crippen molar-refractivity contribution in [3.05, 3.63) is 46.3 Å². The van der Waals surface area contributed by atoms with Crippen molar-refractivity contribution in [3.63, 3.8) is 0 Å². The lowest BCUT2D eigenvalue weighted by atomic mass is 9.40. The maximum Gasteiger partial charge on any atom is 0.220 e. The summed E-state index contributed by atoms with van der Waals surface area (Å²) in [7, 11) is 0. The number of aliphatic hydroxyl groups excluding tert-OH is 2. The summed E-state index contributed by atoms with van der Waals surface area (Å²) in [6, 6.07) is 0. The van der Waals surface area contributed by atoms with Crippen molar-refractivity contribution in [2.24, 2.45) is 34.0 Å². The number of hydrogen-bond donors (Lipinski definition) is 2. The highest BCUT2D eigenvalue weighted by atomic mass is 16.3. The predicted molar refractivity (Wildman–Crippen MR) is 119 cm³/mol. The summed E-state index contributed by atoms with van der Waals surface area (Å²) in [4.78, 5) is 25.1. The lowest BCUT2D eigenvalue weighted by molar-refractivity contribution is -0.168. The molecule has 0 radical (unpaired) electrons. The average Bonchev–Trinajstić information content (AvgIpc) is 2.72. The van der Waals surface area contributed by atoms with E-state index in [4.69, 9.17) is 0 Å². The van der Waals surface area contributed by atoms with Gasteiger partial charge in [-0.25, -0.2) is 0 Å². The molecular weight excluding hydrogens is 388 g/mol. The number of rotatable bonds is 0. The molecule has 0 aromatic heterocycles. The topological polar surface area (TPSA) is 74.6 Å². The first-order valence-corrected chi connectivity index (χ1v) is 11.8. The third-order valence-electron chi connectivity index (χ3n) is 10.1. The quantitative estimate of drug-likeness (QED) is 0.576. The maximum absolute atomic E-state index is 12.6. The SMILES string of the molecule is CC1=C(O)C(=O)C=C2C1=CC=C1C2(C)CCC2C3CC(C)C(=O)C(O)[C@]3(C)CCC12C. The van der Waals surface area contributed by atoms with Crippen molar-refractivity contribution < 1.29 is 19.8 Å². The number of fused-ring (bicyclic) bond motifs is 7. The van der Waals surface area contributed by atoms with E-state index in [9.17, 15) is 19.8 Å². The molecule has 2 N–H and O–H groups in total. The zero-order chi connectivity index (χ0) is 22.5. The van der Waals surface area contributed by atoms with E-state index in [0.29, 0.717) is 17.4 Å². The van der Waals surface area contributed by atoms with Gasteiger partial charge in [-0.2, -0.15) is 0 Å². The Morgan fingerprint density at radius 2 is 1.74 bits per heavy atom. The third kappa shape index (κ3) is 2.46. The smallest absolute Gasteiger partial charge is 0.220 e. The lowest BCUT2D eigenvalue weighted by Gasteiger charge is -2.64. The van der Waals surface area contributed by atoms with Crippen LogP contribution in [0.5, 0.6) is 0 Å². The molecule has 4 heteroatoms. The van der Waals surface area contributed by atoms with Crippen LogP contribution in [-0.4, -0.2) is 27.9 Å². The highest BCUT2D eigenvalue weighted by Gasteiger charge is 2.63. The standard InChI is InChI=1S/C27H34O4/c1-14-12-19-17-8-9-25(3)18-13-20(28)23(30)15(2)16(18)6-7-21(25)26(17,4)10-11-27(19,5)24(31)22(14)29/h6-7,13-14,17,19,24,30-31H,8-12H2,1-5H3/t14?,17?,19?,24?,25?,26?,27-/m1/s1. The van der Waals surface area contributed by atoms with Crippen LogP contribution in [0.15, 0.2) is 46.3 Å². The molecule has 3 saturated carbocycles. The van der Waals surface area contributed by atoms with E-state index < -0.39 is 6.10 Å². The molecule has 0 aliphatic heterocycles. The van der Waals surface area contributed by atoms with Gasteiger partial charge < -0.3 is 10.2 Å². The fourth-order valence-corrected chi connectivity index (χ4v) is 8.01. The summed E-state index contributed by atoms with van der Waals surface area (Å²) in [5.74, 6) is 0.218. The minimum absolute atomic E-state index is 0.0143. The summed E-state index contributed by atoms with van der Waals surface area (Å²) in [6.45, 7) is 10.6. The lowest BCUT2D eigenvalue weighted by Crippen LogP contribution is -2.61. The molecule has 0 amide bonds. The molecule has 5 rings (SSSR count). The van der Waals surface area contributed by atoms with Gasteiger partial charge >= 0.3 is 0 Å².